The molecule has 1 atom stereocenters. The number of aromatic nitrogens is 2. The number of nitrogens with one attached hydrogen (secondary N) is 2. The third-order valence-electron chi connectivity index (χ3n) is 5.43. The normalized spacial score (nSPS) is 15.3. The zero-order chi connectivity index (χ0) is 24.3. The summed E-state index contributed by atoms with van der Waals surface area (Å²) in [5.41, 5.74) is 3.75. The summed E-state index contributed by atoms with van der Waals surface area (Å²) in [5, 5.41) is 13.7. The molecule has 9 nitrogen and oxygen atoms in total. The molecule has 1 aliphatic rings. The Morgan fingerprint density at radius 2 is 2.15 bits per heavy atom. The standard InChI is InChI=1S/C23H24IN5O4S/c1-14(2)32-21-9-6-15(12-16(21)13-25)23-27-22(28-33-23)19-5-3-4-18-17(19)7-8-20(18)29-34(30,31)11-10-26-24/h3-6,9,12,14,20,26,29H,7-8,10-11H2,1-2H3. The van der Waals surface area contributed by atoms with Crippen molar-refractivity contribution in [3.63, 3.8) is 0 Å². The lowest BCUT2D eigenvalue weighted by Crippen LogP contribution is -2.32. The van der Waals surface area contributed by atoms with Crippen LogP contribution in [0.1, 0.15) is 43.0 Å². The number of benzene rings is 2. The molecule has 34 heavy (non-hydrogen) atoms. The number of sulfonamides is 1. The van der Waals surface area contributed by atoms with Crippen molar-refractivity contribution < 1.29 is 17.7 Å². The number of hydrogen-bond acceptors (Lipinski definition) is 8. The monoisotopic (exact) mass is 593 g/mol. The molecule has 178 valence electrons. The topological polar surface area (TPSA) is 130 Å². The van der Waals surface area contributed by atoms with E-state index in [1.807, 2.05) is 54.9 Å². The van der Waals surface area contributed by atoms with Crippen LogP contribution in [0.15, 0.2) is 40.9 Å². The summed E-state index contributed by atoms with van der Waals surface area (Å²) in [6, 6.07) is 12.7. The van der Waals surface area contributed by atoms with Crippen LogP contribution in [0.25, 0.3) is 22.8 Å². The minimum absolute atomic E-state index is 0.0152. The Kier molecular flexibility index (Phi) is 7.51. The van der Waals surface area contributed by atoms with Crippen molar-refractivity contribution in [3.8, 4) is 34.7 Å². The molecule has 0 spiro atoms. The summed E-state index contributed by atoms with van der Waals surface area (Å²) in [6.45, 7) is 4.17. The molecule has 0 amide bonds. The van der Waals surface area contributed by atoms with Gasteiger partial charge in [-0.3, -0.25) is 3.53 Å². The average molecular weight is 593 g/mol. The molecule has 11 heteroatoms. The van der Waals surface area contributed by atoms with Gasteiger partial charge in [-0.2, -0.15) is 10.2 Å². The minimum Gasteiger partial charge on any atom is -0.490 e. The van der Waals surface area contributed by atoms with Crippen molar-refractivity contribution in [1.29, 1.82) is 5.26 Å². The average Bonchev–Trinajstić information content (AvgIpc) is 3.45. The fourth-order valence-corrected chi connectivity index (χ4v) is 5.79. The van der Waals surface area contributed by atoms with Crippen LogP contribution in [-0.2, 0) is 16.4 Å². The van der Waals surface area contributed by atoms with Gasteiger partial charge in [0.2, 0.25) is 15.8 Å². The number of rotatable bonds is 9. The van der Waals surface area contributed by atoms with Gasteiger partial charge in [0.1, 0.15) is 11.8 Å². The van der Waals surface area contributed by atoms with Gasteiger partial charge in [-0.05, 0) is 56.0 Å². The van der Waals surface area contributed by atoms with Crippen LogP contribution in [0.2, 0.25) is 0 Å². The van der Waals surface area contributed by atoms with Crippen LogP contribution in [0, 0.1) is 11.3 Å². The molecule has 0 radical (unpaired) electrons. The van der Waals surface area contributed by atoms with Crippen molar-refractivity contribution in [1.82, 2.24) is 18.4 Å². The molecule has 0 aliphatic heterocycles. The van der Waals surface area contributed by atoms with Crippen molar-refractivity contribution in [2.45, 2.75) is 38.8 Å². The van der Waals surface area contributed by atoms with E-state index in [0.717, 1.165) is 16.7 Å². The maximum Gasteiger partial charge on any atom is 0.258 e. The molecule has 0 fully saturated rings. The lowest BCUT2D eigenvalue weighted by molar-refractivity contribution is 0.241. The van der Waals surface area contributed by atoms with Crippen LogP contribution in [0.4, 0.5) is 0 Å². The molecule has 2 aromatic carbocycles. The van der Waals surface area contributed by atoms with E-state index in [1.54, 1.807) is 18.2 Å². The summed E-state index contributed by atoms with van der Waals surface area (Å²) < 4.78 is 41.6. The van der Waals surface area contributed by atoms with E-state index >= 15 is 0 Å². The third-order valence-corrected chi connectivity index (χ3v) is 7.36. The summed E-state index contributed by atoms with van der Waals surface area (Å²) in [4.78, 5) is 4.56. The van der Waals surface area contributed by atoms with Crippen LogP contribution in [0.5, 0.6) is 5.75 Å². The Bertz CT molecular complexity index is 1330. The van der Waals surface area contributed by atoms with Gasteiger partial charge in [0.15, 0.2) is 0 Å². The minimum atomic E-state index is -3.40. The Balaban J connectivity index is 1.60. The Hall–Kier alpha value is -2.53. The van der Waals surface area contributed by atoms with Gasteiger partial charge in [0, 0.05) is 46.6 Å². The quantitative estimate of drug-likeness (QED) is 0.282. The Morgan fingerprint density at radius 1 is 1.32 bits per heavy atom. The first-order valence-electron chi connectivity index (χ1n) is 10.8. The first-order chi connectivity index (χ1) is 16.3. The predicted octanol–water partition coefficient (Wildman–Crippen LogP) is 3.91. The zero-order valence-electron chi connectivity index (χ0n) is 18.7. The highest BCUT2D eigenvalue weighted by atomic mass is 127. The highest BCUT2D eigenvalue weighted by molar-refractivity contribution is 14.1. The van der Waals surface area contributed by atoms with E-state index in [-0.39, 0.29) is 17.9 Å². The predicted molar refractivity (Wildman–Crippen MR) is 136 cm³/mol. The van der Waals surface area contributed by atoms with Crippen LogP contribution in [-0.4, -0.2) is 37.0 Å². The second kappa shape index (κ2) is 10.4. The summed E-state index contributed by atoms with van der Waals surface area (Å²) in [7, 11) is -3.40. The highest BCUT2D eigenvalue weighted by Gasteiger charge is 2.29. The summed E-state index contributed by atoms with van der Waals surface area (Å²) in [6.07, 6.45) is 1.31. The number of fused-ring (bicyclic) bond motifs is 1. The number of hydrogen-bond donors (Lipinski definition) is 2. The van der Waals surface area contributed by atoms with Crippen molar-refractivity contribution in [2.75, 3.05) is 12.3 Å². The first-order valence-corrected chi connectivity index (χ1v) is 13.5. The first kappa shape index (κ1) is 24.6. The summed E-state index contributed by atoms with van der Waals surface area (Å²) in [5.74, 6) is 1.23. The van der Waals surface area contributed by atoms with Gasteiger partial charge in [-0.15, -0.1) is 0 Å². The van der Waals surface area contributed by atoms with Crippen molar-refractivity contribution >= 4 is 32.9 Å². The Labute approximate surface area is 212 Å². The lowest BCUT2D eigenvalue weighted by atomic mass is 10.0. The molecule has 0 saturated carbocycles. The smallest absolute Gasteiger partial charge is 0.258 e. The molecule has 1 aromatic heterocycles. The SMILES string of the molecule is CC(C)Oc1ccc(-c2nc(-c3cccc4c3CCC4NS(=O)(=O)CCNI)no2)cc1C#N. The van der Waals surface area contributed by atoms with Crippen LogP contribution in [0.3, 0.4) is 0 Å². The van der Waals surface area contributed by atoms with Crippen molar-refractivity contribution in [2.24, 2.45) is 0 Å². The largest absolute Gasteiger partial charge is 0.490 e. The molecule has 0 saturated heterocycles. The Morgan fingerprint density at radius 3 is 2.88 bits per heavy atom. The van der Waals surface area contributed by atoms with Gasteiger partial charge in [-0.1, -0.05) is 23.4 Å². The van der Waals surface area contributed by atoms with Gasteiger partial charge in [-0.25, -0.2) is 13.1 Å². The van der Waals surface area contributed by atoms with Crippen LogP contribution < -0.4 is 13.0 Å². The molecule has 4 rings (SSSR count). The van der Waals surface area contributed by atoms with E-state index in [9.17, 15) is 13.7 Å². The maximum absolute atomic E-state index is 12.4. The molecular formula is C23H24IN5O4S. The zero-order valence-corrected chi connectivity index (χ0v) is 21.7. The van der Waals surface area contributed by atoms with Gasteiger partial charge in [0.05, 0.1) is 17.4 Å². The molecule has 1 heterocycles. The second-order valence-corrected chi connectivity index (χ2v) is 10.8. The molecule has 3 aromatic rings. The molecule has 1 unspecified atom stereocenters. The highest BCUT2D eigenvalue weighted by Crippen LogP contribution is 2.38. The van der Waals surface area contributed by atoms with Gasteiger partial charge in [0.25, 0.3) is 5.89 Å². The van der Waals surface area contributed by atoms with Crippen LogP contribution >= 0.6 is 22.9 Å². The summed E-state index contributed by atoms with van der Waals surface area (Å²) >= 11 is 1.93. The third kappa shape index (κ3) is 5.41. The number of ether oxygens (including phenoxy) is 1. The number of nitrogens with zero attached hydrogens (tertiary/aromatic N) is 3. The molecular weight excluding hydrogens is 569 g/mol. The lowest BCUT2D eigenvalue weighted by Gasteiger charge is -2.14. The second-order valence-electron chi connectivity index (χ2n) is 8.20. The number of halogens is 1. The number of nitriles is 1. The fraction of sp³-hybridized carbons (Fsp3) is 0.348. The maximum atomic E-state index is 12.4. The molecule has 1 aliphatic carbocycles. The fourth-order valence-electron chi connectivity index (χ4n) is 3.99. The van der Waals surface area contributed by atoms with Gasteiger partial charge >= 0.3 is 0 Å². The van der Waals surface area contributed by atoms with E-state index < -0.39 is 10.0 Å². The van der Waals surface area contributed by atoms with E-state index in [1.165, 1.54) is 0 Å². The molecule has 0 bridgehead atoms. The van der Waals surface area contributed by atoms with Gasteiger partial charge < -0.3 is 9.26 Å². The molecule has 2 N–H and O–H groups in total. The van der Waals surface area contributed by atoms with E-state index in [4.69, 9.17) is 9.26 Å². The van der Waals surface area contributed by atoms with E-state index in [2.05, 4.69) is 24.5 Å². The van der Waals surface area contributed by atoms with E-state index in [0.29, 0.717) is 48.0 Å². The van der Waals surface area contributed by atoms with Crippen molar-refractivity contribution in [3.05, 3.63) is 53.1 Å².